The van der Waals surface area contributed by atoms with Gasteiger partial charge in [-0.3, -0.25) is 9.59 Å². The van der Waals surface area contributed by atoms with Gasteiger partial charge in [-0.25, -0.2) is 4.39 Å². The number of rotatable bonds is 10. The molecule has 2 amide bonds. The molecular weight excluding hydrogens is 451 g/mol. The van der Waals surface area contributed by atoms with Crippen molar-refractivity contribution in [2.45, 2.75) is 39.3 Å². The molecule has 0 aliphatic carbocycles. The lowest BCUT2D eigenvalue weighted by Gasteiger charge is -2.32. The second-order valence-corrected chi connectivity index (χ2v) is 9.20. The lowest BCUT2D eigenvalue weighted by molar-refractivity contribution is -0.140. The molecule has 34 heavy (non-hydrogen) atoms. The Morgan fingerprint density at radius 1 is 0.912 bits per heavy atom. The fourth-order valence-electron chi connectivity index (χ4n) is 3.67. The predicted molar refractivity (Wildman–Crippen MR) is 134 cm³/mol. The molecule has 0 radical (unpaired) electrons. The van der Waals surface area contributed by atoms with Crippen LogP contribution in [0.3, 0.4) is 0 Å². The molecule has 178 valence electrons. The van der Waals surface area contributed by atoms with Gasteiger partial charge in [0.2, 0.25) is 11.8 Å². The summed E-state index contributed by atoms with van der Waals surface area (Å²) in [5.74, 6) is -0.722. The van der Waals surface area contributed by atoms with Crippen LogP contribution < -0.4 is 5.32 Å². The summed E-state index contributed by atoms with van der Waals surface area (Å²) in [5, 5.41) is 3.57. The van der Waals surface area contributed by atoms with E-state index in [0.29, 0.717) is 23.6 Å². The first-order chi connectivity index (χ1) is 16.3. The first-order valence-corrected chi connectivity index (χ1v) is 11.8. The third-order valence-electron chi connectivity index (χ3n) is 5.52. The Bertz CT molecular complexity index is 1090. The zero-order valence-electron chi connectivity index (χ0n) is 19.5. The molecule has 0 fully saturated rings. The number of carbonyl (C=O) groups excluding carboxylic acids is 2. The highest BCUT2D eigenvalue weighted by molar-refractivity contribution is 6.30. The molecule has 6 heteroatoms. The second-order valence-electron chi connectivity index (χ2n) is 8.76. The first-order valence-electron chi connectivity index (χ1n) is 11.4. The molecule has 0 spiro atoms. The van der Waals surface area contributed by atoms with Crippen LogP contribution >= 0.6 is 11.6 Å². The molecule has 3 rings (SSSR count). The van der Waals surface area contributed by atoms with Crippen LogP contribution in [0.2, 0.25) is 5.02 Å². The van der Waals surface area contributed by atoms with Crippen molar-refractivity contribution in [3.05, 3.63) is 106 Å². The van der Waals surface area contributed by atoms with Crippen LogP contribution in [0.4, 0.5) is 4.39 Å². The van der Waals surface area contributed by atoms with Gasteiger partial charge in [-0.15, -0.1) is 0 Å². The second kappa shape index (κ2) is 12.3. The molecule has 0 saturated carbocycles. The third kappa shape index (κ3) is 7.42. The van der Waals surface area contributed by atoms with Gasteiger partial charge in [0.25, 0.3) is 0 Å². The largest absolute Gasteiger partial charge is 0.354 e. The Hall–Kier alpha value is -3.18. The Balaban J connectivity index is 1.96. The number of amides is 2. The summed E-state index contributed by atoms with van der Waals surface area (Å²) >= 11 is 6.04. The van der Waals surface area contributed by atoms with E-state index in [-0.39, 0.29) is 30.7 Å². The summed E-state index contributed by atoms with van der Waals surface area (Å²) in [6.07, 6.45) is 0.213. The number of nitrogens with one attached hydrogen (secondary N) is 1. The van der Waals surface area contributed by atoms with Gasteiger partial charge < -0.3 is 10.2 Å². The minimum atomic E-state index is -0.754. The third-order valence-corrected chi connectivity index (χ3v) is 5.77. The van der Waals surface area contributed by atoms with Crippen molar-refractivity contribution in [2.24, 2.45) is 5.92 Å². The zero-order valence-corrected chi connectivity index (χ0v) is 20.3. The first kappa shape index (κ1) is 25.4. The highest BCUT2D eigenvalue weighted by Gasteiger charge is 2.30. The van der Waals surface area contributed by atoms with Crippen LogP contribution in [0.25, 0.3) is 0 Å². The van der Waals surface area contributed by atoms with Gasteiger partial charge in [-0.2, -0.15) is 0 Å². The summed E-state index contributed by atoms with van der Waals surface area (Å²) in [7, 11) is 0. The van der Waals surface area contributed by atoms with Crippen molar-refractivity contribution in [3.63, 3.8) is 0 Å². The molecule has 1 unspecified atom stereocenters. The van der Waals surface area contributed by atoms with E-state index in [4.69, 9.17) is 11.6 Å². The van der Waals surface area contributed by atoms with E-state index in [9.17, 15) is 14.0 Å². The summed E-state index contributed by atoms with van der Waals surface area (Å²) in [6, 6.07) is 22.2. The van der Waals surface area contributed by atoms with Gasteiger partial charge in [0.1, 0.15) is 11.9 Å². The predicted octanol–water partition coefficient (Wildman–Crippen LogP) is 5.43. The molecule has 3 aromatic rings. The average molecular weight is 481 g/mol. The minimum absolute atomic E-state index is 0.136. The minimum Gasteiger partial charge on any atom is -0.354 e. The lowest BCUT2D eigenvalue weighted by Crippen LogP contribution is -2.51. The molecule has 0 bridgehead atoms. The quantitative estimate of drug-likeness (QED) is 0.420. The SMILES string of the molecule is CC(C)CNC(=O)C(Cc1ccccc1)N(Cc1ccc(Cl)cc1)C(=O)Cc1ccccc1F. The molecular formula is C28H30ClFN2O2. The maximum atomic E-state index is 14.3. The van der Waals surface area contributed by atoms with E-state index >= 15 is 0 Å². The van der Waals surface area contributed by atoms with Crippen LogP contribution in [-0.4, -0.2) is 29.3 Å². The van der Waals surface area contributed by atoms with E-state index in [2.05, 4.69) is 5.32 Å². The van der Waals surface area contributed by atoms with Crippen LogP contribution in [0.15, 0.2) is 78.9 Å². The van der Waals surface area contributed by atoms with E-state index < -0.39 is 11.9 Å². The van der Waals surface area contributed by atoms with Crippen LogP contribution in [0.1, 0.15) is 30.5 Å². The molecule has 3 aromatic carbocycles. The van der Waals surface area contributed by atoms with Crippen molar-refractivity contribution in [1.82, 2.24) is 10.2 Å². The van der Waals surface area contributed by atoms with Gasteiger partial charge in [0.15, 0.2) is 0 Å². The normalized spacial score (nSPS) is 11.8. The van der Waals surface area contributed by atoms with Crippen molar-refractivity contribution < 1.29 is 14.0 Å². The Morgan fingerprint density at radius 3 is 2.21 bits per heavy atom. The standard InChI is InChI=1S/C28H30ClFN2O2/c1-20(2)18-31-28(34)26(16-21-8-4-3-5-9-21)32(19-22-12-14-24(29)15-13-22)27(33)17-23-10-6-7-11-25(23)30/h3-15,20,26H,16-19H2,1-2H3,(H,31,34). The molecule has 0 aromatic heterocycles. The maximum absolute atomic E-state index is 14.3. The number of benzene rings is 3. The van der Waals surface area contributed by atoms with Crippen LogP contribution in [0, 0.1) is 11.7 Å². The number of hydrogen-bond donors (Lipinski definition) is 1. The Morgan fingerprint density at radius 2 is 1.56 bits per heavy atom. The highest BCUT2D eigenvalue weighted by atomic mass is 35.5. The van der Waals surface area contributed by atoms with Gasteiger partial charge in [0.05, 0.1) is 6.42 Å². The number of nitrogens with zero attached hydrogens (tertiary/aromatic N) is 1. The van der Waals surface area contributed by atoms with Gasteiger partial charge in [0, 0.05) is 24.5 Å². The monoisotopic (exact) mass is 480 g/mol. The summed E-state index contributed by atoms with van der Waals surface area (Å²) in [6.45, 7) is 4.74. The van der Waals surface area contributed by atoms with E-state index in [1.807, 2.05) is 56.3 Å². The van der Waals surface area contributed by atoms with Gasteiger partial charge in [-0.05, 0) is 40.8 Å². The van der Waals surface area contributed by atoms with E-state index in [0.717, 1.165) is 11.1 Å². The molecule has 0 aliphatic heterocycles. The van der Waals surface area contributed by atoms with Crippen LogP contribution in [-0.2, 0) is 29.0 Å². The smallest absolute Gasteiger partial charge is 0.243 e. The summed E-state index contributed by atoms with van der Waals surface area (Å²) in [4.78, 5) is 28.5. The van der Waals surface area contributed by atoms with Crippen molar-refractivity contribution in [2.75, 3.05) is 6.54 Å². The van der Waals surface area contributed by atoms with Crippen LogP contribution in [0.5, 0.6) is 0 Å². The summed E-state index contributed by atoms with van der Waals surface area (Å²) < 4.78 is 14.3. The maximum Gasteiger partial charge on any atom is 0.243 e. The fraction of sp³-hybridized carbons (Fsp3) is 0.286. The van der Waals surface area contributed by atoms with Gasteiger partial charge >= 0.3 is 0 Å². The van der Waals surface area contributed by atoms with E-state index in [1.54, 1.807) is 35.2 Å². The zero-order chi connectivity index (χ0) is 24.5. The molecule has 0 saturated heterocycles. The Kier molecular flexibility index (Phi) is 9.23. The summed E-state index contributed by atoms with van der Waals surface area (Å²) in [5.41, 5.74) is 2.07. The number of carbonyl (C=O) groups is 2. The van der Waals surface area contributed by atoms with Gasteiger partial charge in [-0.1, -0.05) is 86.1 Å². The average Bonchev–Trinajstić information content (AvgIpc) is 2.83. The fourth-order valence-corrected chi connectivity index (χ4v) is 3.80. The molecule has 1 N–H and O–H groups in total. The van der Waals surface area contributed by atoms with Crippen molar-refractivity contribution in [1.29, 1.82) is 0 Å². The molecule has 4 nitrogen and oxygen atoms in total. The van der Waals surface area contributed by atoms with Crippen molar-refractivity contribution in [3.8, 4) is 0 Å². The molecule has 1 atom stereocenters. The topological polar surface area (TPSA) is 49.4 Å². The number of hydrogen-bond acceptors (Lipinski definition) is 2. The molecule has 0 heterocycles. The Labute approximate surface area is 205 Å². The van der Waals surface area contributed by atoms with Crippen molar-refractivity contribution >= 4 is 23.4 Å². The number of halogens is 2. The highest BCUT2D eigenvalue weighted by Crippen LogP contribution is 2.19. The lowest BCUT2D eigenvalue weighted by atomic mass is 10.0. The van der Waals surface area contributed by atoms with E-state index in [1.165, 1.54) is 6.07 Å². The molecule has 0 aliphatic rings.